The topological polar surface area (TPSA) is 69.6 Å². The first-order chi connectivity index (χ1) is 6.95. The summed E-state index contributed by atoms with van der Waals surface area (Å²) in [5.41, 5.74) is -0.780. The highest BCUT2D eigenvalue weighted by Gasteiger charge is 2.32. The Morgan fingerprint density at radius 2 is 1.87 bits per heavy atom. The molecule has 0 saturated heterocycles. The maximum atomic E-state index is 11.2. The molecule has 1 atom stereocenters. The summed E-state index contributed by atoms with van der Waals surface area (Å²) in [4.78, 5) is 11.2. The molecule has 0 aliphatic heterocycles. The smallest absolute Gasteiger partial charge is 0.249 e. The zero-order valence-corrected chi connectivity index (χ0v) is 10.5. The van der Waals surface area contributed by atoms with Gasteiger partial charge in [0, 0.05) is 12.0 Å². The third kappa shape index (κ3) is 6.47. The Balaban J connectivity index is 0. The van der Waals surface area contributed by atoms with E-state index in [1.807, 2.05) is 20.8 Å². The molecule has 4 heteroatoms. The molecule has 1 unspecified atom stereocenters. The van der Waals surface area contributed by atoms with Crippen molar-refractivity contribution >= 4 is 5.91 Å². The first kappa shape index (κ1) is 16.8. The van der Waals surface area contributed by atoms with Gasteiger partial charge in [-0.3, -0.25) is 4.79 Å². The third-order valence-electron chi connectivity index (χ3n) is 1.95. The number of aliphatic hydroxyl groups is 2. The minimum atomic E-state index is -1.15. The van der Waals surface area contributed by atoms with E-state index in [4.69, 9.17) is 5.11 Å². The second-order valence-electron chi connectivity index (χ2n) is 3.84. The Morgan fingerprint density at radius 3 is 2.20 bits per heavy atom. The van der Waals surface area contributed by atoms with Crippen LogP contribution in [0.2, 0.25) is 0 Å². The molecule has 0 saturated carbocycles. The van der Waals surface area contributed by atoms with Crippen LogP contribution in [-0.4, -0.2) is 35.4 Å². The maximum absolute atomic E-state index is 11.2. The number of hydrogen-bond acceptors (Lipinski definition) is 3. The van der Waals surface area contributed by atoms with Crippen molar-refractivity contribution < 1.29 is 15.0 Å². The van der Waals surface area contributed by atoms with Gasteiger partial charge in [-0.2, -0.15) is 0 Å². The third-order valence-corrected chi connectivity index (χ3v) is 1.95. The van der Waals surface area contributed by atoms with E-state index in [0.29, 0.717) is 6.54 Å². The van der Waals surface area contributed by atoms with E-state index in [1.165, 1.54) is 0 Å². The molecule has 0 aromatic rings. The van der Waals surface area contributed by atoms with Crippen LogP contribution in [0.15, 0.2) is 0 Å². The molecule has 4 nitrogen and oxygen atoms in total. The van der Waals surface area contributed by atoms with E-state index in [9.17, 15) is 9.90 Å². The summed E-state index contributed by atoms with van der Waals surface area (Å²) in [7, 11) is 0. The summed E-state index contributed by atoms with van der Waals surface area (Å²) in [6, 6.07) is 0. The number of nitrogens with one attached hydrogen (secondary N) is 1. The van der Waals surface area contributed by atoms with Gasteiger partial charge in [-0.05, 0) is 6.42 Å². The monoisotopic (exact) mass is 219 g/mol. The van der Waals surface area contributed by atoms with Crippen LogP contribution in [0.5, 0.6) is 0 Å². The number of carbonyl (C=O) groups is 1. The summed E-state index contributed by atoms with van der Waals surface area (Å²) in [5, 5.41) is 21.0. The number of hydrogen-bond donors (Lipinski definition) is 3. The molecule has 0 rings (SSSR count). The molecule has 3 N–H and O–H groups in total. The summed E-state index contributed by atoms with van der Waals surface area (Å²) in [6.07, 6.45) is -0.318. The van der Waals surface area contributed by atoms with E-state index in [2.05, 4.69) is 5.32 Å². The van der Waals surface area contributed by atoms with Gasteiger partial charge in [0.15, 0.2) is 0 Å². The van der Waals surface area contributed by atoms with Gasteiger partial charge in [-0.25, -0.2) is 0 Å². The predicted molar refractivity (Wildman–Crippen MR) is 61.5 cm³/mol. The molecule has 0 bridgehead atoms. The van der Waals surface area contributed by atoms with Crippen molar-refractivity contribution in [3.8, 4) is 0 Å². The van der Waals surface area contributed by atoms with Crippen LogP contribution < -0.4 is 5.32 Å². The highest BCUT2D eigenvalue weighted by molar-refractivity contribution is 5.81. The zero-order chi connectivity index (χ0) is 12.5. The van der Waals surface area contributed by atoms with Gasteiger partial charge in [0.2, 0.25) is 5.91 Å². The molecule has 0 heterocycles. The predicted octanol–water partition coefficient (Wildman–Crippen LogP) is 0.918. The molecule has 0 aliphatic rings. The van der Waals surface area contributed by atoms with E-state index in [1.54, 1.807) is 13.8 Å². The van der Waals surface area contributed by atoms with Crippen molar-refractivity contribution in [2.24, 2.45) is 5.41 Å². The summed E-state index contributed by atoms with van der Waals surface area (Å²) in [5.74, 6) is -0.416. The van der Waals surface area contributed by atoms with Crippen molar-refractivity contribution in [2.75, 3.05) is 13.2 Å². The normalized spacial score (nSPS) is 12.5. The van der Waals surface area contributed by atoms with Gasteiger partial charge in [0.25, 0.3) is 0 Å². The molecule has 15 heavy (non-hydrogen) atoms. The van der Waals surface area contributed by atoms with Crippen LogP contribution in [0.3, 0.4) is 0 Å². The fraction of sp³-hybridized carbons (Fsp3) is 0.909. The molecule has 0 aromatic carbocycles. The Labute approximate surface area is 92.7 Å². The molecule has 1 amide bonds. The summed E-state index contributed by atoms with van der Waals surface area (Å²) < 4.78 is 0. The molecule has 0 aromatic heterocycles. The van der Waals surface area contributed by atoms with Gasteiger partial charge in [0.05, 0.1) is 6.61 Å². The second-order valence-corrected chi connectivity index (χ2v) is 3.84. The largest absolute Gasteiger partial charge is 0.396 e. The number of aliphatic hydroxyl groups excluding tert-OH is 2. The molecule has 0 radical (unpaired) electrons. The molecule has 0 spiro atoms. The fourth-order valence-corrected chi connectivity index (χ4v) is 0.786. The van der Waals surface area contributed by atoms with Crippen molar-refractivity contribution in [2.45, 2.75) is 47.1 Å². The van der Waals surface area contributed by atoms with Crippen LogP contribution in [0, 0.1) is 5.41 Å². The van der Waals surface area contributed by atoms with E-state index < -0.39 is 17.4 Å². The lowest BCUT2D eigenvalue weighted by atomic mass is 9.87. The van der Waals surface area contributed by atoms with E-state index >= 15 is 0 Å². The van der Waals surface area contributed by atoms with Crippen LogP contribution >= 0.6 is 0 Å². The van der Waals surface area contributed by atoms with Gasteiger partial charge < -0.3 is 15.5 Å². The Hall–Kier alpha value is -0.610. The molecular formula is C11H25NO3. The average Bonchev–Trinajstić information content (AvgIpc) is 2.27. The van der Waals surface area contributed by atoms with Crippen LogP contribution in [0.1, 0.15) is 41.0 Å². The minimum absolute atomic E-state index is 0.215. The summed E-state index contributed by atoms with van der Waals surface area (Å²) in [6.45, 7) is 9.56. The van der Waals surface area contributed by atoms with Crippen molar-refractivity contribution in [3.63, 3.8) is 0 Å². The first-order valence-corrected chi connectivity index (χ1v) is 5.52. The molecular weight excluding hydrogens is 194 g/mol. The minimum Gasteiger partial charge on any atom is -0.396 e. The maximum Gasteiger partial charge on any atom is 0.249 e. The SMILES string of the molecule is CC.CCCNC(=O)C(O)C(C)(C)CO. The van der Waals surface area contributed by atoms with E-state index in [0.717, 1.165) is 6.42 Å². The van der Waals surface area contributed by atoms with Gasteiger partial charge in [-0.1, -0.05) is 34.6 Å². The molecule has 92 valence electrons. The zero-order valence-electron chi connectivity index (χ0n) is 10.5. The quantitative estimate of drug-likeness (QED) is 0.644. The lowest BCUT2D eigenvalue weighted by Gasteiger charge is -2.26. The van der Waals surface area contributed by atoms with Gasteiger partial charge in [-0.15, -0.1) is 0 Å². The number of rotatable bonds is 5. The molecule has 0 fully saturated rings. The Morgan fingerprint density at radius 1 is 1.40 bits per heavy atom. The standard InChI is InChI=1S/C9H19NO3.C2H6/c1-4-5-10-8(13)7(12)9(2,3)6-11;1-2/h7,11-12H,4-6H2,1-3H3,(H,10,13);1-2H3. The van der Waals surface area contributed by atoms with Crippen LogP contribution in [0.25, 0.3) is 0 Å². The highest BCUT2D eigenvalue weighted by atomic mass is 16.3. The number of carbonyl (C=O) groups excluding carboxylic acids is 1. The van der Waals surface area contributed by atoms with Crippen molar-refractivity contribution in [3.05, 3.63) is 0 Å². The number of amides is 1. The van der Waals surface area contributed by atoms with Gasteiger partial charge in [0.1, 0.15) is 6.10 Å². The summed E-state index contributed by atoms with van der Waals surface area (Å²) >= 11 is 0. The van der Waals surface area contributed by atoms with Crippen molar-refractivity contribution in [1.82, 2.24) is 5.32 Å². The average molecular weight is 219 g/mol. The van der Waals surface area contributed by atoms with Crippen LogP contribution in [0.4, 0.5) is 0 Å². The van der Waals surface area contributed by atoms with Gasteiger partial charge >= 0.3 is 0 Å². The molecule has 0 aliphatic carbocycles. The lowest BCUT2D eigenvalue weighted by Crippen LogP contribution is -2.45. The lowest BCUT2D eigenvalue weighted by molar-refractivity contribution is -0.137. The Kier molecular flexibility index (Phi) is 9.72. The highest BCUT2D eigenvalue weighted by Crippen LogP contribution is 2.19. The first-order valence-electron chi connectivity index (χ1n) is 5.52. The fourth-order valence-electron chi connectivity index (χ4n) is 0.786. The van der Waals surface area contributed by atoms with Crippen molar-refractivity contribution in [1.29, 1.82) is 0 Å². The van der Waals surface area contributed by atoms with E-state index in [-0.39, 0.29) is 6.61 Å². The van der Waals surface area contributed by atoms with Crippen LogP contribution in [-0.2, 0) is 4.79 Å². The Bertz CT molecular complexity index is 169. The second kappa shape index (κ2) is 8.68.